The maximum Gasteiger partial charge on any atom is 0.119 e. The zero-order chi connectivity index (χ0) is 11.3. The highest BCUT2D eigenvalue weighted by Gasteiger charge is 2.08. The lowest BCUT2D eigenvalue weighted by atomic mass is 10.1. The molecule has 1 aromatic rings. The van der Waals surface area contributed by atoms with E-state index in [4.69, 9.17) is 10.5 Å². The Kier molecular flexibility index (Phi) is 4.12. The summed E-state index contributed by atoms with van der Waals surface area (Å²) in [5, 5.41) is 3.31. The van der Waals surface area contributed by atoms with Crippen LogP contribution in [0, 0.1) is 0 Å². The van der Waals surface area contributed by atoms with Crippen LogP contribution in [0.15, 0.2) is 24.3 Å². The predicted octanol–water partition coefficient (Wildman–Crippen LogP) is 1.52. The van der Waals surface area contributed by atoms with Crippen molar-refractivity contribution in [2.75, 3.05) is 13.7 Å². The Labute approximate surface area is 91.6 Å². The van der Waals surface area contributed by atoms with E-state index in [-0.39, 0.29) is 5.54 Å². The van der Waals surface area contributed by atoms with Crippen LogP contribution in [0.4, 0.5) is 0 Å². The largest absolute Gasteiger partial charge is 0.497 e. The number of rotatable bonds is 5. The number of hydrogen-bond donors (Lipinski definition) is 2. The van der Waals surface area contributed by atoms with Gasteiger partial charge in [-0.05, 0) is 31.5 Å². The Bertz CT molecular complexity index is 305. The Balaban J connectivity index is 2.44. The van der Waals surface area contributed by atoms with Crippen LogP contribution >= 0.6 is 0 Å². The molecule has 0 atom stereocenters. The fourth-order valence-corrected chi connectivity index (χ4v) is 1.31. The molecule has 0 aliphatic heterocycles. The summed E-state index contributed by atoms with van der Waals surface area (Å²) in [5.74, 6) is 0.890. The van der Waals surface area contributed by atoms with Crippen molar-refractivity contribution in [3.63, 3.8) is 0 Å². The lowest BCUT2D eigenvalue weighted by Gasteiger charge is -2.19. The smallest absolute Gasteiger partial charge is 0.119 e. The molecule has 1 aromatic carbocycles. The van der Waals surface area contributed by atoms with E-state index >= 15 is 0 Å². The molecule has 0 bridgehead atoms. The van der Waals surface area contributed by atoms with Gasteiger partial charge >= 0.3 is 0 Å². The maximum absolute atomic E-state index is 5.87. The molecule has 0 radical (unpaired) electrons. The van der Waals surface area contributed by atoms with Gasteiger partial charge in [0.2, 0.25) is 0 Å². The van der Waals surface area contributed by atoms with Crippen molar-refractivity contribution in [3.8, 4) is 5.75 Å². The Morgan fingerprint density at radius 1 is 1.40 bits per heavy atom. The molecule has 0 aliphatic carbocycles. The average Bonchev–Trinajstić information content (AvgIpc) is 2.16. The number of nitrogens with two attached hydrogens (primary N) is 1. The molecule has 0 fully saturated rings. The first kappa shape index (κ1) is 12.0. The average molecular weight is 208 g/mol. The van der Waals surface area contributed by atoms with E-state index in [0.717, 1.165) is 18.8 Å². The number of hydrogen-bond acceptors (Lipinski definition) is 3. The molecule has 3 N–H and O–H groups in total. The van der Waals surface area contributed by atoms with Crippen LogP contribution in [0.3, 0.4) is 0 Å². The third-order valence-electron chi connectivity index (χ3n) is 2.04. The van der Waals surface area contributed by atoms with Gasteiger partial charge in [0, 0.05) is 18.6 Å². The van der Waals surface area contributed by atoms with Gasteiger partial charge in [0.25, 0.3) is 0 Å². The standard InChI is InChI=1S/C12H20N2O/c1-12(2,13)9-14-8-10-5-4-6-11(7-10)15-3/h4-7,14H,8-9,13H2,1-3H3. The summed E-state index contributed by atoms with van der Waals surface area (Å²) in [6.07, 6.45) is 0. The summed E-state index contributed by atoms with van der Waals surface area (Å²) in [5.41, 5.74) is 6.91. The van der Waals surface area contributed by atoms with Gasteiger partial charge in [-0.1, -0.05) is 12.1 Å². The summed E-state index contributed by atoms with van der Waals surface area (Å²) in [7, 11) is 1.68. The molecule has 1 rings (SSSR count). The Morgan fingerprint density at radius 3 is 2.73 bits per heavy atom. The minimum Gasteiger partial charge on any atom is -0.497 e. The SMILES string of the molecule is COc1cccc(CNCC(C)(C)N)c1. The first-order chi connectivity index (χ1) is 7.01. The van der Waals surface area contributed by atoms with Gasteiger partial charge in [-0.3, -0.25) is 0 Å². The van der Waals surface area contributed by atoms with Crippen molar-refractivity contribution in [1.29, 1.82) is 0 Å². The Morgan fingerprint density at radius 2 is 2.13 bits per heavy atom. The van der Waals surface area contributed by atoms with E-state index in [9.17, 15) is 0 Å². The molecule has 0 spiro atoms. The molecule has 0 saturated carbocycles. The van der Waals surface area contributed by atoms with Crippen molar-refractivity contribution in [2.45, 2.75) is 25.9 Å². The summed E-state index contributed by atoms with van der Waals surface area (Å²) in [6, 6.07) is 8.02. The van der Waals surface area contributed by atoms with Crippen molar-refractivity contribution < 1.29 is 4.74 Å². The van der Waals surface area contributed by atoms with E-state index in [0.29, 0.717) is 0 Å². The minimum absolute atomic E-state index is 0.168. The molecular weight excluding hydrogens is 188 g/mol. The fraction of sp³-hybridized carbons (Fsp3) is 0.500. The molecule has 0 aromatic heterocycles. The van der Waals surface area contributed by atoms with E-state index in [1.165, 1.54) is 5.56 Å². The summed E-state index contributed by atoms with van der Waals surface area (Å²) in [4.78, 5) is 0. The topological polar surface area (TPSA) is 47.3 Å². The molecule has 3 heteroatoms. The number of ether oxygens (including phenoxy) is 1. The minimum atomic E-state index is -0.168. The van der Waals surface area contributed by atoms with E-state index in [1.54, 1.807) is 7.11 Å². The van der Waals surface area contributed by atoms with Crippen LogP contribution in [0.1, 0.15) is 19.4 Å². The molecule has 0 saturated heterocycles. The highest BCUT2D eigenvalue weighted by molar-refractivity contribution is 5.28. The normalized spacial score (nSPS) is 11.5. The molecule has 15 heavy (non-hydrogen) atoms. The zero-order valence-corrected chi connectivity index (χ0v) is 9.71. The molecule has 84 valence electrons. The van der Waals surface area contributed by atoms with Crippen LogP contribution < -0.4 is 15.8 Å². The monoisotopic (exact) mass is 208 g/mol. The second-order valence-corrected chi connectivity index (χ2v) is 4.44. The highest BCUT2D eigenvalue weighted by Crippen LogP contribution is 2.12. The predicted molar refractivity (Wildman–Crippen MR) is 63.0 cm³/mol. The van der Waals surface area contributed by atoms with Gasteiger partial charge in [0.05, 0.1) is 7.11 Å². The quantitative estimate of drug-likeness (QED) is 0.771. The van der Waals surface area contributed by atoms with Crippen molar-refractivity contribution >= 4 is 0 Å². The van der Waals surface area contributed by atoms with E-state index in [1.807, 2.05) is 32.0 Å². The molecule has 0 amide bonds. The second-order valence-electron chi connectivity index (χ2n) is 4.44. The van der Waals surface area contributed by atoms with Crippen LogP contribution in [0.5, 0.6) is 5.75 Å². The summed E-state index contributed by atoms with van der Waals surface area (Å²) >= 11 is 0. The van der Waals surface area contributed by atoms with Crippen molar-refractivity contribution in [2.24, 2.45) is 5.73 Å². The molecule has 0 heterocycles. The van der Waals surface area contributed by atoms with Crippen LogP contribution in [-0.2, 0) is 6.54 Å². The first-order valence-corrected chi connectivity index (χ1v) is 5.14. The van der Waals surface area contributed by atoms with Gasteiger partial charge in [-0.15, -0.1) is 0 Å². The number of methoxy groups -OCH3 is 1. The third kappa shape index (κ3) is 4.81. The van der Waals surface area contributed by atoms with Gasteiger partial charge in [-0.2, -0.15) is 0 Å². The number of benzene rings is 1. The molecule has 0 unspecified atom stereocenters. The maximum atomic E-state index is 5.87. The van der Waals surface area contributed by atoms with E-state index < -0.39 is 0 Å². The molecule has 3 nitrogen and oxygen atoms in total. The number of nitrogens with one attached hydrogen (secondary N) is 1. The zero-order valence-electron chi connectivity index (χ0n) is 9.71. The first-order valence-electron chi connectivity index (χ1n) is 5.14. The fourth-order valence-electron chi connectivity index (χ4n) is 1.31. The summed E-state index contributed by atoms with van der Waals surface area (Å²) < 4.78 is 5.15. The van der Waals surface area contributed by atoms with Crippen LogP contribution in [0.2, 0.25) is 0 Å². The highest BCUT2D eigenvalue weighted by atomic mass is 16.5. The Hall–Kier alpha value is -1.06. The van der Waals surface area contributed by atoms with Gasteiger partial charge in [-0.25, -0.2) is 0 Å². The van der Waals surface area contributed by atoms with E-state index in [2.05, 4.69) is 11.4 Å². The lowest BCUT2D eigenvalue weighted by molar-refractivity contribution is 0.413. The third-order valence-corrected chi connectivity index (χ3v) is 2.04. The molecule has 0 aliphatic rings. The summed E-state index contributed by atoms with van der Waals surface area (Å²) in [6.45, 7) is 5.62. The lowest BCUT2D eigenvalue weighted by Crippen LogP contribution is -2.42. The van der Waals surface area contributed by atoms with Crippen molar-refractivity contribution in [3.05, 3.63) is 29.8 Å². The second kappa shape index (κ2) is 5.14. The van der Waals surface area contributed by atoms with Gasteiger partial charge < -0.3 is 15.8 Å². The van der Waals surface area contributed by atoms with Crippen molar-refractivity contribution in [1.82, 2.24) is 5.32 Å². The van der Waals surface area contributed by atoms with Gasteiger partial charge in [0.1, 0.15) is 5.75 Å². The van der Waals surface area contributed by atoms with Crippen LogP contribution in [-0.4, -0.2) is 19.2 Å². The van der Waals surface area contributed by atoms with Crippen LogP contribution in [0.25, 0.3) is 0 Å². The molecular formula is C12H20N2O. The van der Waals surface area contributed by atoms with Gasteiger partial charge in [0.15, 0.2) is 0 Å².